The number of methoxy groups -OCH3 is 3. The standard InChI is InChI=1S/C28H33F3N5O7P/c1-36-16-19-6-5-7-22(24(19)26(36)37)33-25-20(28(29,30)31)15-32-27(35-25)34-21-9-8-18(14-23(21)41-4)17-44(38,42-12-10-39-2)43-13-11-40-3/h5-9,14-16,37H,10-13,17H2,1-4H3,(H2,32,33,34,35). The molecule has 0 atom stereocenters. The number of ether oxygens (including phenoxy) is 3. The minimum absolute atomic E-state index is 0.0531. The Labute approximate surface area is 251 Å². The first-order chi connectivity index (χ1) is 21.0. The van der Waals surface area contributed by atoms with Crippen LogP contribution in [0.3, 0.4) is 0 Å². The van der Waals surface area contributed by atoms with E-state index in [2.05, 4.69) is 20.6 Å². The van der Waals surface area contributed by atoms with Crippen molar-refractivity contribution in [3.05, 3.63) is 59.9 Å². The van der Waals surface area contributed by atoms with Gasteiger partial charge in [0, 0.05) is 39.0 Å². The van der Waals surface area contributed by atoms with Crippen molar-refractivity contribution < 1.29 is 46.1 Å². The number of aryl methyl sites for hydroxylation is 1. The molecule has 0 spiro atoms. The van der Waals surface area contributed by atoms with Gasteiger partial charge in [0.2, 0.25) is 11.8 Å². The van der Waals surface area contributed by atoms with Gasteiger partial charge in [0.25, 0.3) is 0 Å². The van der Waals surface area contributed by atoms with Crippen molar-refractivity contribution in [1.82, 2.24) is 14.5 Å². The zero-order valence-electron chi connectivity index (χ0n) is 24.5. The number of rotatable bonds is 15. The Morgan fingerprint density at radius 3 is 2.32 bits per heavy atom. The summed E-state index contributed by atoms with van der Waals surface area (Å²) >= 11 is 0. The smallest absolute Gasteiger partial charge is 0.421 e. The maximum atomic E-state index is 13.9. The summed E-state index contributed by atoms with van der Waals surface area (Å²) in [5.41, 5.74) is 0.00950. The highest BCUT2D eigenvalue weighted by molar-refractivity contribution is 7.53. The first kappa shape index (κ1) is 33.0. The number of alkyl halides is 3. The van der Waals surface area contributed by atoms with E-state index in [1.807, 2.05) is 0 Å². The normalized spacial score (nSPS) is 12.1. The lowest BCUT2D eigenvalue weighted by atomic mass is 10.1. The van der Waals surface area contributed by atoms with Gasteiger partial charge in [0.05, 0.1) is 56.5 Å². The van der Waals surface area contributed by atoms with Gasteiger partial charge in [0.15, 0.2) is 0 Å². The number of anilines is 4. The molecule has 0 aliphatic rings. The fourth-order valence-electron chi connectivity index (χ4n) is 4.28. The quantitative estimate of drug-likeness (QED) is 0.101. The number of fused-ring (bicyclic) bond motifs is 1. The molecule has 0 aliphatic heterocycles. The summed E-state index contributed by atoms with van der Waals surface area (Å²) in [7, 11) is 2.42. The molecule has 0 radical (unpaired) electrons. The molecule has 238 valence electrons. The third-order valence-electron chi connectivity index (χ3n) is 6.37. The van der Waals surface area contributed by atoms with Gasteiger partial charge in [0.1, 0.15) is 17.1 Å². The molecule has 0 fully saturated rings. The van der Waals surface area contributed by atoms with Crippen LogP contribution in [0.4, 0.5) is 36.3 Å². The average molecular weight is 640 g/mol. The lowest BCUT2D eigenvalue weighted by molar-refractivity contribution is -0.137. The molecule has 44 heavy (non-hydrogen) atoms. The molecule has 16 heteroatoms. The van der Waals surface area contributed by atoms with Crippen LogP contribution in [0.25, 0.3) is 10.8 Å². The predicted octanol–water partition coefficient (Wildman–Crippen LogP) is 6.21. The molecule has 2 aromatic heterocycles. The Kier molecular flexibility index (Phi) is 10.7. The molecule has 0 bridgehead atoms. The maximum Gasteiger partial charge on any atom is 0.421 e. The maximum absolute atomic E-state index is 13.9. The lowest BCUT2D eigenvalue weighted by Crippen LogP contribution is -2.13. The Morgan fingerprint density at radius 1 is 0.977 bits per heavy atom. The van der Waals surface area contributed by atoms with E-state index >= 15 is 0 Å². The van der Waals surface area contributed by atoms with E-state index in [9.17, 15) is 22.8 Å². The highest BCUT2D eigenvalue weighted by Crippen LogP contribution is 2.52. The van der Waals surface area contributed by atoms with Crippen molar-refractivity contribution in [3.8, 4) is 11.6 Å². The molecule has 0 amide bonds. The molecule has 4 rings (SSSR count). The van der Waals surface area contributed by atoms with Gasteiger partial charge in [-0.05, 0) is 23.8 Å². The summed E-state index contributed by atoms with van der Waals surface area (Å²) in [6, 6.07) is 9.73. The van der Waals surface area contributed by atoms with Crippen molar-refractivity contribution in [2.75, 3.05) is 58.4 Å². The largest absolute Gasteiger partial charge is 0.495 e. The van der Waals surface area contributed by atoms with Crippen LogP contribution in [-0.4, -0.2) is 67.4 Å². The fraction of sp³-hybridized carbons (Fsp3) is 0.357. The zero-order valence-corrected chi connectivity index (χ0v) is 25.4. The van der Waals surface area contributed by atoms with E-state index in [1.54, 1.807) is 43.6 Å². The monoisotopic (exact) mass is 639 g/mol. The molecule has 3 N–H and O–H groups in total. The van der Waals surface area contributed by atoms with Crippen molar-refractivity contribution >= 4 is 41.5 Å². The molecule has 0 unspecified atom stereocenters. The minimum Gasteiger partial charge on any atom is -0.495 e. The number of hydrogen-bond donors (Lipinski definition) is 3. The molecule has 2 aromatic carbocycles. The molecule has 4 aromatic rings. The highest BCUT2D eigenvalue weighted by Gasteiger charge is 2.36. The average Bonchev–Trinajstić information content (AvgIpc) is 3.27. The number of halogens is 3. The third-order valence-corrected chi connectivity index (χ3v) is 8.28. The van der Waals surface area contributed by atoms with E-state index in [1.165, 1.54) is 32.0 Å². The van der Waals surface area contributed by atoms with Crippen LogP contribution in [0.2, 0.25) is 0 Å². The number of aromatic hydroxyl groups is 1. The number of benzene rings is 2. The summed E-state index contributed by atoms with van der Waals surface area (Å²) in [5.74, 6) is -0.525. The molecule has 0 saturated carbocycles. The first-order valence-corrected chi connectivity index (χ1v) is 15.0. The van der Waals surface area contributed by atoms with E-state index < -0.39 is 25.2 Å². The third kappa shape index (κ3) is 7.98. The second-order valence-corrected chi connectivity index (χ2v) is 11.5. The number of nitrogens with zero attached hydrogens (tertiary/aromatic N) is 3. The number of nitrogens with one attached hydrogen (secondary N) is 2. The highest BCUT2D eigenvalue weighted by atomic mass is 31.2. The number of aromatic nitrogens is 3. The Morgan fingerprint density at radius 2 is 1.68 bits per heavy atom. The SMILES string of the molecule is COCCOP(=O)(Cc1ccc(Nc2ncc(C(F)(F)F)c(Nc3cccc4cn(C)c(O)c34)n2)c(OC)c1)OCCOC. The van der Waals surface area contributed by atoms with E-state index in [0.717, 1.165) is 0 Å². The van der Waals surface area contributed by atoms with Crippen LogP contribution >= 0.6 is 7.60 Å². The lowest BCUT2D eigenvalue weighted by Gasteiger charge is -2.19. The van der Waals surface area contributed by atoms with Crippen LogP contribution in [0, 0.1) is 0 Å². The first-order valence-electron chi connectivity index (χ1n) is 13.3. The van der Waals surface area contributed by atoms with Crippen molar-refractivity contribution in [2.45, 2.75) is 12.3 Å². The van der Waals surface area contributed by atoms with Gasteiger partial charge in [-0.2, -0.15) is 18.2 Å². The Balaban J connectivity index is 1.62. The summed E-state index contributed by atoms with van der Waals surface area (Å²) in [5, 5.41) is 17.0. The topological polar surface area (TPSA) is 138 Å². The molecule has 0 aliphatic carbocycles. The summed E-state index contributed by atoms with van der Waals surface area (Å²) in [6.07, 6.45) is -2.54. The Hall–Kier alpha value is -3.88. The van der Waals surface area contributed by atoms with Crippen molar-refractivity contribution in [2.24, 2.45) is 7.05 Å². The van der Waals surface area contributed by atoms with E-state index in [-0.39, 0.29) is 55.9 Å². The summed E-state index contributed by atoms with van der Waals surface area (Å²) < 4.78 is 83.1. The predicted molar refractivity (Wildman–Crippen MR) is 158 cm³/mol. The summed E-state index contributed by atoms with van der Waals surface area (Å²) in [4.78, 5) is 7.98. The van der Waals surface area contributed by atoms with Gasteiger partial charge in [-0.15, -0.1) is 0 Å². The molecule has 0 saturated heterocycles. The van der Waals surface area contributed by atoms with Gasteiger partial charge in [-0.25, -0.2) is 4.98 Å². The van der Waals surface area contributed by atoms with Crippen LogP contribution in [0.1, 0.15) is 11.1 Å². The molecular formula is C28H33F3N5O7P. The van der Waals surface area contributed by atoms with Crippen molar-refractivity contribution in [3.63, 3.8) is 0 Å². The van der Waals surface area contributed by atoms with Crippen molar-refractivity contribution in [1.29, 1.82) is 0 Å². The second-order valence-electron chi connectivity index (χ2n) is 9.49. The zero-order chi connectivity index (χ0) is 31.9. The van der Waals surface area contributed by atoms with Gasteiger partial charge in [-0.3, -0.25) is 4.57 Å². The molecule has 2 heterocycles. The fourth-order valence-corrected chi connectivity index (χ4v) is 5.89. The summed E-state index contributed by atoms with van der Waals surface area (Å²) in [6.45, 7) is 0.542. The van der Waals surface area contributed by atoms with Gasteiger partial charge >= 0.3 is 13.8 Å². The van der Waals surface area contributed by atoms with Gasteiger partial charge < -0.3 is 43.6 Å². The van der Waals surface area contributed by atoms with Gasteiger partial charge in [-0.1, -0.05) is 18.2 Å². The second kappa shape index (κ2) is 14.3. The van der Waals surface area contributed by atoms with E-state index in [0.29, 0.717) is 28.2 Å². The molecule has 12 nitrogen and oxygen atoms in total. The molecular weight excluding hydrogens is 606 g/mol. The number of hydrogen-bond acceptors (Lipinski definition) is 11. The minimum atomic E-state index is -4.77. The van der Waals surface area contributed by atoms with Crippen LogP contribution in [0.5, 0.6) is 11.6 Å². The van der Waals surface area contributed by atoms with Crippen LogP contribution in [0.15, 0.2) is 48.8 Å². The Bertz CT molecular complexity index is 1620. The van der Waals surface area contributed by atoms with E-state index in [4.69, 9.17) is 23.3 Å². The van der Waals surface area contributed by atoms with Crippen LogP contribution in [-0.2, 0) is 42.5 Å². The van der Waals surface area contributed by atoms with Crippen LogP contribution < -0.4 is 15.4 Å².